The zero-order valence-corrected chi connectivity index (χ0v) is 10.4. The second kappa shape index (κ2) is 5.38. The molecule has 0 aliphatic heterocycles. The predicted molar refractivity (Wildman–Crippen MR) is 68.4 cm³/mol. The summed E-state index contributed by atoms with van der Waals surface area (Å²) in [6, 6.07) is 4.23. The largest absolute Gasteiger partial charge is 0.478 e. The maximum Gasteiger partial charge on any atom is 0.337 e. The summed E-state index contributed by atoms with van der Waals surface area (Å²) < 4.78 is 13.7. The number of carboxylic acid groups (broad SMARTS) is 1. The molecule has 1 aliphatic rings. The van der Waals surface area contributed by atoms with Gasteiger partial charge in [-0.25, -0.2) is 9.18 Å². The van der Waals surface area contributed by atoms with E-state index in [0.29, 0.717) is 5.92 Å². The van der Waals surface area contributed by atoms with Crippen LogP contribution >= 0.6 is 0 Å². The van der Waals surface area contributed by atoms with Crippen LogP contribution in [0, 0.1) is 11.7 Å². The molecule has 1 aliphatic carbocycles. The topological polar surface area (TPSA) is 49.3 Å². The lowest BCUT2D eigenvalue weighted by Crippen LogP contribution is -2.25. The van der Waals surface area contributed by atoms with Crippen molar-refractivity contribution < 1.29 is 14.3 Å². The first-order valence-electron chi connectivity index (χ1n) is 6.38. The van der Waals surface area contributed by atoms with E-state index in [2.05, 4.69) is 5.32 Å². The summed E-state index contributed by atoms with van der Waals surface area (Å²) in [6.07, 6.45) is 4.68. The molecule has 98 valence electrons. The molecule has 0 bridgehead atoms. The number of nitrogens with one attached hydrogen (secondary N) is 1. The Labute approximate surface area is 106 Å². The SMILES string of the molecule is CC(Nc1c(F)cccc1C(=O)O)C1CCCC1. The molecule has 0 saturated heterocycles. The Morgan fingerprint density at radius 3 is 2.72 bits per heavy atom. The number of halogens is 1. The molecule has 0 spiro atoms. The van der Waals surface area contributed by atoms with E-state index < -0.39 is 11.8 Å². The van der Waals surface area contributed by atoms with Crippen molar-refractivity contribution >= 4 is 11.7 Å². The molecule has 3 nitrogen and oxygen atoms in total. The molecular weight excluding hydrogens is 233 g/mol. The number of anilines is 1. The zero-order valence-electron chi connectivity index (χ0n) is 10.4. The van der Waals surface area contributed by atoms with Crippen LogP contribution in [0.2, 0.25) is 0 Å². The molecule has 0 heterocycles. The summed E-state index contributed by atoms with van der Waals surface area (Å²) in [5.41, 5.74) is 0.115. The van der Waals surface area contributed by atoms with Gasteiger partial charge in [0.25, 0.3) is 0 Å². The van der Waals surface area contributed by atoms with E-state index in [0.717, 1.165) is 12.8 Å². The Hall–Kier alpha value is -1.58. The molecule has 1 fully saturated rings. The Kier molecular flexibility index (Phi) is 3.84. The highest BCUT2D eigenvalue weighted by Crippen LogP contribution is 2.30. The number of carbonyl (C=O) groups is 1. The van der Waals surface area contributed by atoms with E-state index in [9.17, 15) is 9.18 Å². The highest BCUT2D eigenvalue weighted by molar-refractivity contribution is 5.94. The maximum absolute atomic E-state index is 13.7. The Balaban J connectivity index is 2.19. The standard InChI is InChI=1S/C14H18FNO2/c1-9(10-5-2-3-6-10)16-13-11(14(17)18)7-4-8-12(13)15/h4,7-10,16H,2-3,5-6H2,1H3,(H,17,18). The van der Waals surface area contributed by atoms with Crippen molar-refractivity contribution in [2.75, 3.05) is 5.32 Å². The Morgan fingerprint density at radius 2 is 2.11 bits per heavy atom. The number of rotatable bonds is 4. The molecule has 1 aromatic carbocycles. The second-order valence-electron chi connectivity index (χ2n) is 4.95. The molecule has 1 unspecified atom stereocenters. The van der Waals surface area contributed by atoms with Crippen molar-refractivity contribution in [1.29, 1.82) is 0 Å². The van der Waals surface area contributed by atoms with Gasteiger partial charge in [-0.3, -0.25) is 0 Å². The van der Waals surface area contributed by atoms with Gasteiger partial charge in [0.1, 0.15) is 5.82 Å². The average Bonchev–Trinajstić information content (AvgIpc) is 2.85. The highest BCUT2D eigenvalue weighted by atomic mass is 19.1. The number of aromatic carboxylic acids is 1. The Bertz CT molecular complexity index is 441. The first-order chi connectivity index (χ1) is 8.59. The van der Waals surface area contributed by atoms with E-state index in [4.69, 9.17) is 5.11 Å². The van der Waals surface area contributed by atoms with Crippen LogP contribution in [0.1, 0.15) is 43.0 Å². The molecule has 0 aromatic heterocycles. The van der Waals surface area contributed by atoms with Gasteiger partial charge < -0.3 is 10.4 Å². The van der Waals surface area contributed by atoms with Gasteiger partial charge in [-0.15, -0.1) is 0 Å². The second-order valence-corrected chi connectivity index (χ2v) is 4.95. The lowest BCUT2D eigenvalue weighted by Gasteiger charge is -2.22. The normalized spacial score (nSPS) is 17.7. The molecule has 4 heteroatoms. The molecule has 1 aromatic rings. The van der Waals surface area contributed by atoms with Gasteiger partial charge in [0.2, 0.25) is 0 Å². The molecule has 1 saturated carbocycles. The van der Waals surface area contributed by atoms with Crippen LogP contribution in [0.5, 0.6) is 0 Å². The Morgan fingerprint density at radius 1 is 1.44 bits per heavy atom. The average molecular weight is 251 g/mol. The van der Waals surface area contributed by atoms with Crippen LogP contribution < -0.4 is 5.32 Å². The minimum atomic E-state index is -1.10. The number of carboxylic acids is 1. The van der Waals surface area contributed by atoms with E-state index in [1.807, 2.05) is 6.92 Å². The third-order valence-electron chi connectivity index (χ3n) is 3.72. The fourth-order valence-electron chi connectivity index (χ4n) is 2.65. The predicted octanol–water partition coefficient (Wildman–Crippen LogP) is 3.51. The summed E-state index contributed by atoms with van der Waals surface area (Å²) in [6.45, 7) is 1.99. The quantitative estimate of drug-likeness (QED) is 0.860. The van der Waals surface area contributed by atoms with Gasteiger partial charge in [-0.05, 0) is 37.8 Å². The summed E-state index contributed by atoms with van der Waals surface area (Å²) in [7, 11) is 0. The van der Waals surface area contributed by atoms with Crippen molar-refractivity contribution in [3.8, 4) is 0 Å². The summed E-state index contributed by atoms with van der Waals surface area (Å²) >= 11 is 0. The van der Waals surface area contributed by atoms with Crippen molar-refractivity contribution in [1.82, 2.24) is 0 Å². The van der Waals surface area contributed by atoms with E-state index in [-0.39, 0.29) is 17.3 Å². The zero-order chi connectivity index (χ0) is 13.1. The van der Waals surface area contributed by atoms with Crippen molar-refractivity contribution in [3.63, 3.8) is 0 Å². The number of hydrogen-bond acceptors (Lipinski definition) is 2. The molecule has 2 N–H and O–H groups in total. The first-order valence-corrected chi connectivity index (χ1v) is 6.38. The van der Waals surface area contributed by atoms with Gasteiger partial charge in [0, 0.05) is 6.04 Å². The summed E-state index contributed by atoms with van der Waals surface area (Å²) in [5.74, 6) is -1.10. The minimum Gasteiger partial charge on any atom is -0.478 e. The van der Waals surface area contributed by atoms with Crippen molar-refractivity contribution in [3.05, 3.63) is 29.6 Å². The lowest BCUT2D eigenvalue weighted by atomic mass is 9.99. The van der Waals surface area contributed by atoms with Crippen LogP contribution in [0.3, 0.4) is 0 Å². The molecular formula is C14H18FNO2. The van der Waals surface area contributed by atoms with E-state index in [1.54, 1.807) is 0 Å². The van der Waals surface area contributed by atoms with Crippen LogP contribution in [0.25, 0.3) is 0 Å². The number of para-hydroxylation sites is 1. The van der Waals surface area contributed by atoms with Crippen LogP contribution in [0.15, 0.2) is 18.2 Å². The fraction of sp³-hybridized carbons (Fsp3) is 0.500. The van der Waals surface area contributed by atoms with Crippen LogP contribution in [0.4, 0.5) is 10.1 Å². The number of hydrogen-bond donors (Lipinski definition) is 2. The van der Waals surface area contributed by atoms with Gasteiger partial charge in [0.15, 0.2) is 0 Å². The third kappa shape index (κ3) is 2.63. The molecule has 18 heavy (non-hydrogen) atoms. The van der Waals surface area contributed by atoms with Gasteiger partial charge in [-0.2, -0.15) is 0 Å². The number of benzene rings is 1. The minimum absolute atomic E-state index is 0.000142. The molecule has 0 amide bonds. The third-order valence-corrected chi connectivity index (χ3v) is 3.72. The van der Waals surface area contributed by atoms with Gasteiger partial charge in [0.05, 0.1) is 11.3 Å². The maximum atomic E-state index is 13.7. The van der Waals surface area contributed by atoms with Crippen LogP contribution in [-0.4, -0.2) is 17.1 Å². The first kappa shape index (κ1) is 12.9. The summed E-state index contributed by atoms with van der Waals surface area (Å²) in [5, 5.41) is 12.1. The van der Waals surface area contributed by atoms with Gasteiger partial charge in [-0.1, -0.05) is 18.9 Å². The van der Waals surface area contributed by atoms with Gasteiger partial charge >= 0.3 is 5.97 Å². The van der Waals surface area contributed by atoms with Crippen LogP contribution in [-0.2, 0) is 0 Å². The highest BCUT2D eigenvalue weighted by Gasteiger charge is 2.24. The molecule has 0 radical (unpaired) electrons. The molecule has 1 atom stereocenters. The van der Waals surface area contributed by atoms with E-state index in [1.165, 1.54) is 31.0 Å². The lowest BCUT2D eigenvalue weighted by molar-refractivity contribution is 0.0697. The van der Waals surface area contributed by atoms with Crippen molar-refractivity contribution in [2.24, 2.45) is 5.92 Å². The smallest absolute Gasteiger partial charge is 0.337 e. The van der Waals surface area contributed by atoms with Crippen molar-refractivity contribution in [2.45, 2.75) is 38.6 Å². The molecule has 2 rings (SSSR count). The summed E-state index contributed by atoms with van der Waals surface area (Å²) in [4.78, 5) is 11.1. The fourth-order valence-corrected chi connectivity index (χ4v) is 2.65. The van der Waals surface area contributed by atoms with E-state index >= 15 is 0 Å². The monoisotopic (exact) mass is 251 g/mol.